The van der Waals surface area contributed by atoms with E-state index in [1.54, 1.807) is 0 Å². The number of amides is 2. The van der Waals surface area contributed by atoms with Gasteiger partial charge in [-0.3, -0.25) is 0 Å². The molecule has 0 fully saturated rings. The molecule has 0 aliphatic rings. The van der Waals surface area contributed by atoms with Crippen LogP contribution < -0.4 is 188 Å². The summed E-state index contributed by atoms with van der Waals surface area (Å²) in [5.41, 5.74) is -1.78. The van der Waals surface area contributed by atoms with Gasteiger partial charge in [-0.1, -0.05) is 0 Å². The Bertz CT molecular complexity index is 2610. The van der Waals surface area contributed by atoms with Crippen LogP contribution in [0.25, 0.3) is 21.5 Å². The normalized spacial score (nSPS) is 12.0. The first-order chi connectivity index (χ1) is 21.5. The van der Waals surface area contributed by atoms with Gasteiger partial charge in [0.2, 0.25) is 0 Å². The molecule has 0 bridgehead atoms. The molecule has 0 saturated heterocycles. The SMILES string of the molecule is O=C(Nc1ccc(S(=O)(=O)[O-])c2cc(S(=O)(=O)[O-])cc(S(=O)(=O)[O-])c12)Nc1ccc(S(=O)(=O)[O-])c2cc(S(=O)(=O)[O-])cc(S(=O)(=O)[O-])c12.[Na+].[Na+].[Na+].[Na+].[Na+].[Na+]. The second-order valence-corrected chi connectivity index (χ2v) is 17.4. The van der Waals surface area contributed by atoms with Crippen molar-refractivity contribution in [1.29, 1.82) is 0 Å². The molecule has 4 aromatic rings. The van der Waals surface area contributed by atoms with Crippen LogP contribution in [0.4, 0.5) is 16.2 Å². The fourth-order valence-corrected chi connectivity index (χ4v) is 8.40. The number of carbonyl (C=O) groups is 1. The van der Waals surface area contributed by atoms with E-state index in [0.29, 0.717) is 24.3 Å². The molecule has 21 nitrogen and oxygen atoms in total. The summed E-state index contributed by atoms with van der Waals surface area (Å²) >= 11 is 0. The zero-order chi connectivity index (χ0) is 36.6. The van der Waals surface area contributed by atoms with Crippen molar-refractivity contribution in [2.75, 3.05) is 10.6 Å². The smallest absolute Gasteiger partial charge is 0.744 e. The van der Waals surface area contributed by atoms with Gasteiger partial charge >= 0.3 is 183 Å². The molecule has 33 heteroatoms. The summed E-state index contributed by atoms with van der Waals surface area (Å²) in [6.45, 7) is 0. The third kappa shape index (κ3) is 14.1. The molecule has 0 unspecified atom stereocenters. The first kappa shape index (κ1) is 60.4. The number of fused-ring (bicyclic) bond motifs is 2. The minimum Gasteiger partial charge on any atom is -0.744 e. The third-order valence-corrected chi connectivity index (χ3v) is 11.3. The predicted molar refractivity (Wildman–Crippen MR) is 148 cm³/mol. The predicted octanol–water partition coefficient (Wildman–Crippen LogP) is -18.9. The molecule has 0 aliphatic carbocycles. The van der Waals surface area contributed by atoms with Crippen LogP contribution in [0.5, 0.6) is 0 Å². The van der Waals surface area contributed by atoms with Crippen LogP contribution in [-0.4, -0.2) is 83.9 Å². The maximum absolute atomic E-state index is 13.1. The number of anilines is 2. The Morgan fingerprint density at radius 2 is 0.648 bits per heavy atom. The molecule has 0 aliphatic heterocycles. The Morgan fingerprint density at radius 3 is 0.870 bits per heavy atom. The molecule has 4 aromatic carbocycles. The standard InChI is InChI=1S/C21H16N2O19S6.6Na/c24-21(22-13-1-3-15(45(31,32)33)11-5-9(43(25,26)27)7-17(19(11)13)47(37,38)39)23-14-2-4-16(46(34,35)36)12-6-10(44(28,29)30)8-18(20(12)14)48(40,41)42;;;;;;/h1-8H,(H2,22,23,24)(H,25,26,27)(H,28,29,30)(H,31,32,33)(H,34,35,36)(H,37,38,39)(H,40,41,42);;;;;;/q;6*+1/p-6. The van der Waals surface area contributed by atoms with Crippen molar-refractivity contribution >= 4 is 99.7 Å². The van der Waals surface area contributed by atoms with Crippen LogP contribution in [-0.2, 0) is 60.7 Å². The summed E-state index contributed by atoms with van der Waals surface area (Å²) in [4.78, 5) is 4.12. The van der Waals surface area contributed by atoms with Gasteiger partial charge in [-0.05, 0) is 48.5 Å². The molecular weight excluding hydrogens is 915 g/mol. The quantitative estimate of drug-likeness (QED) is 0.122. The molecule has 2 amide bonds. The zero-order valence-electron chi connectivity index (χ0n) is 28.3. The molecule has 0 saturated carbocycles. The molecule has 0 radical (unpaired) electrons. The van der Waals surface area contributed by atoms with Gasteiger partial charge in [-0.15, -0.1) is 0 Å². The van der Waals surface area contributed by atoms with Crippen LogP contribution in [0.15, 0.2) is 77.9 Å². The molecule has 2 N–H and O–H groups in total. The molecule has 0 atom stereocenters. The van der Waals surface area contributed by atoms with Crippen LogP contribution in [0, 0.1) is 0 Å². The Morgan fingerprint density at radius 1 is 0.389 bits per heavy atom. The molecular formula is C21H10N2Na6O19S6. The topological polar surface area (TPSA) is 384 Å². The molecule has 260 valence electrons. The fourth-order valence-electron chi connectivity index (χ4n) is 4.39. The van der Waals surface area contributed by atoms with E-state index in [2.05, 4.69) is 0 Å². The third-order valence-electron chi connectivity index (χ3n) is 6.17. The van der Waals surface area contributed by atoms with E-state index < -0.39 is 129 Å². The summed E-state index contributed by atoms with van der Waals surface area (Å²) < 4.78 is 213. The largest absolute Gasteiger partial charge is 1.00 e. The van der Waals surface area contributed by atoms with Gasteiger partial charge in [0.15, 0.2) is 0 Å². The Balaban J connectivity index is -0.00000433. The molecule has 54 heavy (non-hydrogen) atoms. The van der Waals surface area contributed by atoms with Crippen molar-refractivity contribution in [3.8, 4) is 0 Å². The number of hydrogen-bond acceptors (Lipinski definition) is 19. The number of hydrogen-bond donors (Lipinski definition) is 2. The number of urea groups is 1. The molecule has 4 rings (SSSR count). The average Bonchev–Trinajstić information content (AvgIpc) is 2.88. The Labute approximate surface area is 440 Å². The van der Waals surface area contributed by atoms with Crippen LogP contribution >= 0.6 is 0 Å². The Kier molecular flexibility index (Phi) is 23.8. The van der Waals surface area contributed by atoms with E-state index in [1.807, 2.05) is 10.6 Å². The van der Waals surface area contributed by atoms with Crippen molar-refractivity contribution in [2.45, 2.75) is 29.4 Å². The minimum absolute atomic E-state index is 0. The summed E-state index contributed by atoms with van der Waals surface area (Å²) in [5, 5.41) is -0.862. The van der Waals surface area contributed by atoms with Crippen molar-refractivity contribution in [2.24, 2.45) is 0 Å². The van der Waals surface area contributed by atoms with Gasteiger partial charge in [-0.25, -0.2) is 55.3 Å². The zero-order valence-corrected chi connectivity index (χ0v) is 45.2. The summed E-state index contributed by atoms with van der Waals surface area (Å²) in [5.74, 6) is 0. The minimum atomic E-state index is -5.86. The van der Waals surface area contributed by atoms with Gasteiger partial charge in [0.1, 0.15) is 60.7 Å². The summed E-state index contributed by atoms with van der Waals surface area (Å²) in [6.07, 6.45) is 0. The van der Waals surface area contributed by atoms with Crippen molar-refractivity contribution in [1.82, 2.24) is 0 Å². The van der Waals surface area contributed by atoms with Gasteiger partial charge in [0.05, 0.1) is 40.7 Å². The van der Waals surface area contributed by atoms with E-state index in [4.69, 9.17) is 0 Å². The van der Waals surface area contributed by atoms with Crippen molar-refractivity contribution in [3.05, 3.63) is 48.5 Å². The van der Waals surface area contributed by atoms with Crippen LogP contribution in [0.3, 0.4) is 0 Å². The fraction of sp³-hybridized carbons (Fsp3) is 0. The van der Waals surface area contributed by atoms with Crippen molar-refractivity contribution < 1.29 is 260 Å². The van der Waals surface area contributed by atoms with Gasteiger partial charge in [0, 0.05) is 21.5 Å². The van der Waals surface area contributed by atoms with Crippen LogP contribution in [0.1, 0.15) is 0 Å². The van der Waals surface area contributed by atoms with E-state index in [9.17, 15) is 82.6 Å². The average molecular weight is 925 g/mol. The van der Waals surface area contributed by atoms with Gasteiger partial charge in [0.25, 0.3) is 0 Å². The Hall–Kier alpha value is 2.13. The monoisotopic (exact) mass is 924 g/mol. The molecule has 0 spiro atoms. The number of benzene rings is 4. The maximum atomic E-state index is 13.1. The maximum Gasteiger partial charge on any atom is 1.00 e. The summed E-state index contributed by atoms with van der Waals surface area (Å²) in [6, 6.07) is 0.634. The first-order valence-electron chi connectivity index (χ1n) is 11.6. The number of carbonyl (C=O) groups excluding carboxylic acids is 1. The van der Waals surface area contributed by atoms with E-state index in [-0.39, 0.29) is 202 Å². The van der Waals surface area contributed by atoms with Crippen molar-refractivity contribution in [3.63, 3.8) is 0 Å². The second kappa shape index (κ2) is 21.3. The van der Waals surface area contributed by atoms with E-state index >= 15 is 0 Å². The number of rotatable bonds is 8. The van der Waals surface area contributed by atoms with Gasteiger partial charge < -0.3 is 38.0 Å². The number of nitrogens with one attached hydrogen (secondary N) is 2. The second-order valence-electron chi connectivity index (χ2n) is 9.21. The molecule has 0 aromatic heterocycles. The van der Waals surface area contributed by atoms with E-state index in [0.717, 1.165) is 0 Å². The van der Waals surface area contributed by atoms with E-state index in [1.165, 1.54) is 0 Å². The molecule has 0 heterocycles. The summed E-state index contributed by atoms with van der Waals surface area (Å²) in [7, 11) is -34.2. The van der Waals surface area contributed by atoms with Gasteiger partial charge in [-0.2, -0.15) is 0 Å². The first-order valence-corrected chi connectivity index (χ1v) is 20.0. The van der Waals surface area contributed by atoms with Crippen LogP contribution in [0.2, 0.25) is 0 Å².